The maximum Gasteiger partial charge on any atom is 0.236 e. The summed E-state index contributed by atoms with van der Waals surface area (Å²) >= 11 is 0. The Morgan fingerprint density at radius 2 is 1.56 bits per heavy atom. The van der Waals surface area contributed by atoms with E-state index in [-0.39, 0.29) is 17.9 Å². The Morgan fingerprint density at radius 3 is 2.19 bits per heavy atom. The molecule has 1 unspecified atom stereocenters. The number of nitrogens with zero attached hydrogens (tertiary/aromatic N) is 3. The second kappa shape index (κ2) is 9.82. The largest absolute Gasteiger partial charge is 0.378 e. The first-order chi connectivity index (χ1) is 13.1. The smallest absolute Gasteiger partial charge is 0.236 e. The summed E-state index contributed by atoms with van der Waals surface area (Å²) in [6.07, 6.45) is 0. The zero-order valence-corrected chi connectivity index (χ0v) is 16.1. The molecule has 2 aliphatic rings. The van der Waals surface area contributed by atoms with E-state index >= 15 is 0 Å². The molecule has 2 amide bonds. The molecule has 1 aromatic carbocycles. The summed E-state index contributed by atoms with van der Waals surface area (Å²) in [6.45, 7) is 8.78. The van der Waals surface area contributed by atoms with Crippen LogP contribution in [0.5, 0.6) is 0 Å². The van der Waals surface area contributed by atoms with Crippen molar-refractivity contribution in [2.45, 2.75) is 13.0 Å². The van der Waals surface area contributed by atoms with Crippen LogP contribution in [0.1, 0.15) is 18.5 Å². The lowest BCUT2D eigenvalue weighted by Crippen LogP contribution is -2.53. The minimum Gasteiger partial charge on any atom is -0.378 e. The van der Waals surface area contributed by atoms with Gasteiger partial charge in [-0.05, 0) is 12.5 Å². The third kappa shape index (κ3) is 6.02. The van der Waals surface area contributed by atoms with Gasteiger partial charge in [-0.3, -0.25) is 19.4 Å². The van der Waals surface area contributed by atoms with Crippen LogP contribution < -0.4 is 5.32 Å². The van der Waals surface area contributed by atoms with E-state index in [0.29, 0.717) is 39.4 Å². The summed E-state index contributed by atoms with van der Waals surface area (Å²) in [6, 6.07) is 9.99. The molecule has 1 N–H and O–H groups in total. The monoisotopic (exact) mass is 374 g/mol. The Labute approximate surface area is 161 Å². The number of morpholine rings is 1. The number of hydrogen-bond acceptors (Lipinski definition) is 5. The Balaban J connectivity index is 1.36. The van der Waals surface area contributed by atoms with Gasteiger partial charge in [-0.15, -0.1) is 0 Å². The molecule has 1 aromatic rings. The quantitative estimate of drug-likeness (QED) is 0.778. The number of rotatable bonds is 6. The van der Waals surface area contributed by atoms with Crippen LogP contribution in [0.15, 0.2) is 30.3 Å². The third-order valence-corrected chi connectivity index (χ3v) is 5.23. The Bertz CT molecular complexity index is 611. The van der Waals surface area contributed by atoms with E-state index in [2.05, 4.69) is 15.1 Å². The summed E-state index contributed by atoms with van der Waals surface area (Å²) < 4.78 is 5.29. The molecule has 2 saturated heterocycles. The summed E-state index contributed by atoms with van der Waals surface area (Å²) in [5, 5.41) is 3.06. The highest BCUT2D eigenvalue weighted by molar-refractivity contribution is 5.79. The van der Waals surface area contributed by atoms with Gasteiger partial charge in [0.25, 0.3) is 0 Å². The van der Waals surface area contributed by atoms with E-state index in [0.717, 1.165) is 31.7 Å². The average molecular weight is 374 g/mol. The van der Waals surface area contributed by atoms with Crippen molar-refractivity contribution >= 4 is 11.8 Å². The molecule has 27 heavy (non-hydrogen) atoms. The molecule has 2 fully saturated rings. The van der Waals surface area contributed by atoms with Gasteiger partial charge >= 0.3 is 0 Å². The molecule has 7 heteroatoms. The highest BCUT2D eigenvalue weighted by Gasteiger charge is 2.24. The van der Waals surface area contributed by atoms with Crippen LogP contribution in [0.2, 0.25) is 0 Å². The van der Waals surface area contributed by atoms with Crippen molar-refractivity contribution in [3.63, 3.8) is 0 Å². The number of carbonyl (C=O) groups is 2. The van der Waals surface area contributed by atoms with E-state index in [4.69, 9.17) is 4.74 Å². The molecule has 0 spiro atoms. The van der Waals surface area contributed by atoms with E-state index in [1.807, 2.05) is 42.2 Å². The Hall–Kier alpha value is -1.96. The van der Waals surface area contributed by atoms with Crippen LogP contribution in [0.4, 0.5) is 0 Å². The lowest BCUT2D eigenvalue weighted by atomic mass is 10.1. The fraction of sp³-hybridized carbons (Fsp3) is 0.600. The van der Waals surface area contributed by atoms with Gasteiger partial charge < -0.3 is 15.0 Å². The first kappa shape index (κ1) is 19.8. The van der Waals surface area contributed by atoms with Crippen LogP contribution in [0, 0.1) is 0 Å². The molecule has 0 aromatic heterocycles. The summed E-state index contributed by atoms with van der Waals surface area (Å²) in [7, 11) is 0. The number of amides is 2. The van der Waals surface area contributed by atoms with Crippen LogP contribution in [0.25, 0.3) is 0 Å². The number of piperazine rings is 1. The second-order valence-corrected chi connectivity index (χ2v) is 7.25. The maximum atomic E-state index is 12.3. The van der Waals surface area contributed by atoms with Gasteiger partial charge in [0, 0.05) is 39.3 Å². The molecule has 2 aliphatic heterocycles. The van der Waals surface area contributed by atoms with E-state index in [9.17, 15) is 9.59 Å². The van der Waals surface area contributed by atoms with Crippen molar-refractivity contribution in [3.8, 4) is 0 Å². The molecule has 0 aliphatic carbocycles. The van der Waals surface area contributed by atoms with Crippen molar-refractivity contribution in [3.05, 3.63) is 35.9 Å². The second-order valence-electron chi connectivity index (χ2n) is 7.25. The number of nitrogens with one attached hydrogen (secondary N) is 1. The first-order valence-corrected chi connectivity index (χ1v) is 9.76. The van der Waals surface area contributed by atoms with Gasteiger partial charge in [-0.2, -0.15) is 0 Å². The van der Waals surface area contributed by atoms with Crippen LogP contribution in [0.3, 0.4) is 0 Å². The highest BCUT2D eigenvalue weighted by Crippen LogP contribution is 2.11. The van der Waals surface area contributed by atoms with Gasteiger partial charge in [0.2, 0.25) is 11.8 Å². The normalized spacial score (nSPS) is 20.3. The molecule has 0 bridgehead atoms. The topological polar surface area (TPSA) is 65.1 Å². The summed E-state index contributed by atoms with van der Waals surface area (Å²) in [4.78, 5) is 30.9. The zero-order valence-electron chi connectivity index (χ0n) is 16.1. The molecule has 0 radical (unpaired) electrons. The van der Waals surface area contributed by atoms with Crippen LogP contribution >= 0.6 is 0 Å². The predicted molar refractivity (Wildman–Crippen MR) is 103 cm³/mol. The van der Waals surface area contributed by atoms with Gasteiger partial charge in [-0.25, -0.2) is 0 Å². The van der Waals surface area contributed by atoms with E-state index in [1.54, 1.807) is 0 Å². The predicted octanol–water partition coefficient (Wildman–Crippen LogP) is 0.340. The van der Waals surface area contributed by atoms with Crippen LogP contribution in [-0.4, -0.2) is 92.1 Å². The van der Waals surface area contributed by atoms with E-state index in [1.165, 1.54) is 0 Å². The van der Waals surface area contributed by atoms with E-state index < -0.39 is 0 Å². The Kier molecular flexibility index (Phi) is 7.20. The van der Waals surface area contributed by atoms with Crippen molar-refractivity contribution in [2.75, 3.05) is 65.6 Å². The summed E-state index contributed by atoms with van der Waals surface area (Å²) in [5.74, 6) is 0.227. The highest BCUT2D eigenvalue weighted by atomic mass is 16.5. The third-order valence-electron chi connectivity index (χ3n) is 5.23. The van der Waals surface area contributed by atoms with Gasteiger partial charge in [0.05, 0.1) is 32.3 Å². The molecular weight excluding hydrogens is 344 g/mol. The molecule has 148 valence electrons. The minimum atomic E-state index is 0.00568. The molecule has 1 atom stereocenters. The minimum absolute atomic E-state index is 0.00568. The molecular formula is C20H30N4O3. The fourth-order valence-electron chi connectivity index (χ4n) is 3.52. The number of ether oxygens (including phenoxy) is 1. The lowest BCUT2D eigenvalue weighted by molar-refractivity contribution is -0.137. The number of benzene rings is 1. The maximum absolute atomic E-state index is 12.3. The molecule has 2 heterocycles. The van der Waals surface area contributed by atoms with Crippen molar-refractivity contribution in [1.82, 2.24) is 20.0 Å². The average Bonchev–Trinajstić information content (AvgIpc) is 2.70. The lowest BCUT2D eigenvalue weighted by Gasteiger charge is -2.35. The number of carbonyl (C=O) groups excluding carboxylic acids is 2. The zero-order chi connectivity index (χ0) is 19.1. The molecule has 0 saturated carbocycles. The van der Waals surface area contributed by atoms with Crippen molar-refractivity contribution in [2.24, 2.45) is 0 Å². The molecule has 3 rings (SSSR count). The van der Waals surface area contributed by atoms with Gasteiger partial charge in [-0.1, -0.05) is 30.3 Å². The van der Waals surface area contributed by atoms with Crippen molar-refractivity contribution in [1.29, 1.82) is 0 Å². The van der Waals surface area contributed by atoms with Gasteiger partial charge in [0.1, 0.15) is 0 Å². The van der Waals surface area contributed by atoms with Crippen molar-refractivity contribution < 1.29 is 14.3 Å². The van der Waals surface area contributed by atoms with Gasteiger partial charge in [0.15, 0.2) is 0 Å². The standard InChI is InChI=1S/C20H30N4O3/c1-17(18-5-3-2-4-6-18)21-19(25)15-22-7-9-23(10-8-22)16-20(26)24-11-13-27-14-12-24/h2-6,17H,7-16H2,1H3,(H,21,25). The molecule has 7 nitrogen and oxygen atoms in total. The fourth-order valence-corrected chi connectivity index (χ4v) is 3.52. The van der Waals surface area contributed by atoms with Crippen LogP contribution in [-0.2, 0) is 14.3 Å². The first-order valence-electron chi connectivity index (χ1n) is 9.76. The SMILES string of the molecule is CC(NC(=O)CN1CCN(CC(=O)N2CCOCC2)CC1)c1ccccc1. The Morgan fingerprint density at radius 1 is 0.963 bits per heavy atom. The number of hydrogen-bond donors (Lipinski definition) is 1. The summed E-state index contributed by atoms with van der Waals surface area (Å²) in [5.41, 5.74) is 1.11.